The van der Waals surface area contributed by atoms with E-state index in [1.54, 1.807) is 0 Å². The number of carbonyl (C=O) groups excluding carboxylic acids is 3. The van der Waals surface area contributed by atoms with E-state index in [4.69, 9.17) is 5.73 Å². The Morgan fingerprint density at radius 2 is 1.97 bits per heavy atom. The van der Waals surface area contributed by atoms with E-state index in [1.165, 1.54) is 22.0 Å². The first-order chi connectivity index (χ1) is 17.8. The third kappa shape index (κ3) is 4.86. The van der Waals surface area contributed by atoms with E-state index in [9.17, 15) is 29.5 Å². The summed E-state index contributed by atoms with van der Waals surface area (Å²) in [5.41, 5.74) is 6.90. The molecule has 204 valence electrons. The smallest absolute Gasteiger partial charge is 0.352 e. The Labute approximate surface area is 231 Å². The van der Waals surface area contributed by atoms with Gasteiger partial charge in [0.25, 0.3) is 11.8 Å². The van der Waals surface area contributed by atoms with Crippen LogP contribution in [0.4, 0.5) is 5.13 Å². The number of aliphatic carboxylic acids is 1. The number of oxime groups is 1. The van der Waals surface area contributed by atoms with Crippen LogP contribution in [0.2, 0.25) is 0 Å². The zero-order valence-electron chi connectivity index (χ0n) is 19.9. The molecule has 0 unspecified atom stereocenters. The summed E-state index contributed by atoms with van der Waals surface area (Å²) in [6.07, 6.45) is 2.01. The molecular weight excluding hydrogens is 558 g/mol. The van der Waals surface area contributed by atoms with Crippen molar-refractivity contribution in [2.24, 2.45) is 11.1 Å². The van der Waals surface area contributed by atoms with Gasteiger partial charge in [0.1, 0.15) is 22.8 Å². The molecular formula is C22H26ClN7O6S2. The van der Waals surface area contributed by atoms with Crippen LogP contribution in [0.3, 0.4) is 0 Å². The molecule has 1 aromatic rings. The zero-order chi connectivity index (χ0) is 26.3. The fourth-order valence-electron chi connectivity index (χ4n) is 5.21. The number of amides is 3. The summed E-state index contributed by atoms with van der Waals surface area (Å²) in [6.45, 7) is 2.00. The average molecular weight is 584 g/mol. The number of nitrogens with two attached hydrogens (primary N) is 1. The van der Waals surface area contributed by atoms with Crippen LogP contribution in [0.5, 0.6) is 0 Å². The molecule has 0 bridgehead atoms. The molecule has 3 saturated heterocycles. The lowest BCUT2D eigenvalue weighted by atomic mass is 9.81. The zero-order valence-corrected chi connectivity index (χ0v) is 22.4. The van der Waals surface area contributed by atoms with Crippen LogP contribution in [-0.2, 0) is 19.2 Å². The Kier molecular flexibility index (Phi) is 8.30. The number of carboxylic acid groups (broad SMARTS) is 1. The number of thiazole rings is 1. The van der Waals surface area contributed by atoms with E-state index in [1.807, 2.05) is 0 Å². The molecule has 5 heterocycles. The first-order valence-electron chi connectivity index (χ1n) is 11.7. The molecule has 7 N–H and O–H groups in total. The second-order valence-corrected chi connectivity index (χ2v) is 10.9. The van der Waals surface area contributed by atoms with Gasteiger partial charge in [-0.3, -0.25) is 19.3 Å². The van der Waals surface area contributed by atoms with Gasteiger partial charge < -0.3 is 32.0 Å². The summed E-state index contributed by atoms with van der Waals surface area (Å²) in [5, 5.41) is 32.1. The summed E-state index contributed by atoms with van der Waals surface area (Å²) in [5.74, 6) is -2.63. The molecule has 0 aromatic carbocycles. The van der Waals surface area contributed by atoms with Crippen molar-refractivity contribution in [2.45, 2.75) is 30.7 Å². The second kappa shape index (κ2) is 11.3. The summed E-state index contributed by atoms with van der Waals surface area (Å²) in [6, 6.07) is -1.02. The largest absolute Gasteiger partial charge is 0.477 e. The van der Waals surface area contributed by atoms with Gasteiger partial charge in [-0.1, -0.05) is 5.16 Å². The molecule has 0 radical (unpaired) electrons. The minimum Gasteiger partial charge on any atom is -0.477 e. The highest BCUT2D eigenvalue weighted by atomic mass is 35.5. The van der Waals surface area contributed by atoms with Gasteiger partial charge in [0, 0.05) is 23.3 Å². The van der Waals surface area contributed by atoms with E-state index in [0.29, 0.717) is 24.1 Å². The minimum absolute atomic E-state index is 0. The molecule has 0 spiro atoms. The van der Waals surface area contributed by atoms with E-state index < -0.39 is 34.9 Å². The van der Waals surface area contributed by atoms with Crippen LogP contribution in [-0.4, -0.2) is 86.4 Å². The molecule has 2 atom stereocenters. The van der Waals surface area contributed by atoms with E-state index in [-0.39, 0.29) is 46.5 Å². The van der Waals surface area contributed by atoms with Crippen LogP contribution >= 0.6 is 35.5 Å². The molecule has 0 aliphatic carbocycles. The second-order valence-electron chi connectivity index (χ2n) is 8.94. The third-order valence-electron chi connectivity index (χ3n) is 6.87. The first kappa shape index (κ1) is 27.9. The number of halogens is 1. The Balaban J connectivity index is 0.00000336. The van der Waals surface area contributed by atoms with Gasteiger partial charge in [-0.15, -0.1) is 35.5 Å². The lowest BCUT2D eigenvalue weighted by molar-refractivity contribution is -0.150. The van der Waals surface area contributed by atoms with Crippen molar-refractivity contribution in [2.75, 3.05) is 31.1 Å². The summed E-state index contributed by atoms with van der Waals surface area (Å²) in [7, 11) is 0. The van der Waals surface area contributed by atoms with Crippen LogP contribution < -0.4 is 21.7 Å². The summed E-state index contributed by atoms with van der Waals surface area (Å²) in [4.78, 5) is 56.2. The molecule has 4 aliphatic rings. The lowest BCUT2D eigenvalue weighted by Crippen LogP contribution is -2.71. The highest BCUT2D eigenvalue weighted by Crippen LogP contribution is 2.45. The number of piperidine rings is 1. The number of hydrogen-bond donors (Lipinski definition) is 6. The Hall–Kier alpha value is -3.14. The SMILES string of the molecule is Cl.Nc1nc(C(=NO)C(=O)N[C@@H]2C(=O)N3C(C(=O)O)=C(C(=C4CCNC4=O)C4CCNCC4)CS[C@H]23)cs1. The quantitative estimate of drug-likeness (QED) is 0.0862. The Morgan fingerprint density at radius 1 is 1.24 bits per heavy atom. The van der Waals surface area contributed by atoms with Crippen molar-refractivity contribution in [3.05, 3.63) is 33.5 Å². The van der Waals surface area contributed by atoms with Gasteiger partial charge in [-0.25, -0.2) is 9.78 Å². The number of carboxylic acids is 1. The number of aromatic nitrogens is 1. The van der Waals surface area contributed by atoms with Gasteiger partial charge in [0.05, 0.1) is 0 Å². The Morgan fingerprint density at radius 3 is 2.55 bits per heavy atom. The predicted molar refractivity (Wildman–Crippen MR) is 142 cm³/mol. The number of rotatable bonds is 6. The van der Waals surface area contributed by atoms with Crippen LogP contribution in [0.15, 0.2) is 33.0 Å². The first-order valence-corrected chi connectivity index (χ1v) is 13.6. The number of allylic oxidation sites excluding steroid dienone is 1. The maximum absolute atomic E-state index is 13.2. The molecule has 3 fully saturated rings. The van der Waals surface area contributed by atoms with Crippen LogP contribution in [0.1, 0.15) is 25.0 Å². The van der Waals surface area contributed by atoms with Crippen molar-refractivity contribution >= 4 is 70.0 Å². The molecule has 5 rings (SSSR count). The lowest BCUT2D eigenvalue weighted by Gasteiger charge is -2.50. The molecule has 4 aliphatic heterocycles. The van der Waals surface area contributed by atoms with E-state index in [0.717, 1.165) is 42.8 Å². The van der Waals surface area contributed by atoms with E-state index >= 15 is 0 Å². The van der Waals surface area contributed by atoms with Gasteiger partial charge >= 0.3 is 5.97 Å². The number of nitrogens with one attached hydrogen (secondary N) is 3. The van der Waals surface area contributed by atoms with Crippen molar-refractivity contribution in [3.8, 4) is 0 Å². The Bertz CT molecular complexity index is 1270. The highest BCUT2D eigenvalue weighted by molar-refractivity contribution is 8.00. The van der Waals surface area contributed by atoms with Crippen molar-refractivity contribution < 1.29 is 29.5 Å². The number of carbonyl (C=O) groups is 4. The summed E-state index contributed by atoms with van der Waals surface area (Å²) >= 11 is 2.38. The topological polar surface area (TPSA) is 199 Å². The van der Waals surface area contributed by atoms with E-state index in [2.05, 4.69) is 26.1 Å². The fraction of sp³-hybridized carbons (Fsp3) is 0.455. The number of thioether (sulfide) groups is 1. The minimum atomic E-state index is -1.26. The number of β-lactam (4-membered cyclic amide) rings is 1. The van der Waals surface area contributed by atoms with Gasteiger partial charge in [0.15, 0.2) is 10.8 Å². The third-order valence-corrected chi connectivity index (χ3v) is 8.82. The average Bonchev–Trinajstić information content (AvgIpc) is 3.51. The fourth-order valence-corrected chi connectivity index (χ4v) is 7.12. The standard InChI is InChI=1S/C22H25N7O6S2.ClH/c23-22-26-12(8-37-22)14(28-35)18(31)27-15-19(32)29-16(21(33)34)11(7-36-20(15)29)13(9-1-4-24-5-2-9)10-3-6-25-17(10)30;/h8-9,15,20,24,35H,1-7H2,(H2,23,26)(H,25,30)(H,27,31)(H,33,34);1H/t15-,20-;/m1./s1. The summed E-state index contributed by atoms with van der Waals surface area (Å²) < 4.78 is 0. The molecule has 38 heavy (non-hydrogen) atoms. The van der Waals surface area contributed by atoms with Gasteiger partial charge in [0.2, 0.25) is 5.91 Å². The number of nitrogens with zero attached hydrogens (tertiary/aromatic N) is 3. The van der Waals surface area contributed by atoms with Crippen molar-refractivity contribution in [1.82, 2.24) is 25.8 Å². The van der Waals surface area contributed by atoms with Crippen molar-refractivity contribution in [3.63, 3.8) is 0 Å². The van der Waals surface area contributed by atoms with Gasteiger partial charge in [-0.05, 0) is 49.4 Å². The molecule has 3 amide bonds. The van der Waals surface area contributed by atoms with Crippen molar-refractivity contribution in [1.29, 1.82) is 0 Å². The van der Waals surface area contributed by atoms with Crippen LogP contribution in [0, 0.1) is 5.92 Å². The normalized spacial score (nSPS) is 25.3. The maximum Gasteiger partial charge on any atom is 0.352 e. The molecule has 1 aromatic heterocycles. The van der Waals surface area contributed by atoms with Crippen LogP contribution in [0.25, 0.3) is 0 Å². The molecule has 16 heteroatoms. The van der Waals surface area contributed by atoms with Gasteiger partial charge in [-0.2, -0.15) is 0 Å². The number of fused-ring (bicyclic) bond motifs is 1. The monoisotopic (exact) mass is 583 g/mol. The molecule has 0 saturated carbocycles. The highest BCUT2D eigenvalue weighted by Gasteiger charge is 2.55. The number of hydrogen-bond acceptors (Lipinski definition) is 11. The number of nitrogen functional groups attached to an aromatic ring is 1. The predicted octanol–water partition coefficient (Wildman–Crippen LogP) is -0.120. The maximum atomic E-state index is 13.2. The molecule has 13 nitrogen and oxygen atoms in total. The number of anilines is 1.